The van der Waals surface area contributed by atoms with Crippen molar-refractivity contribution in [3.05, 3.63) is 24.3 Å². The van der Waals surface area contributed by atoms with Crippen LogP contribution in [0.5, 0.6) is 0 Å². The van der Waals surface area contributed by atoms with Crippen LogP contribution in [0.25, 0.3) is 0 Å². The number of hydrogen-bond donors (Lipinski definition) is 2. The molecular formula is C13H19N3O. The molecule has 1 fully saturated rings. The van der Waals surface area contributed by atoms with Crippen LogP contribution in [0.15, 0.2) is 24.3 Å². The summed E-state index contributed by atoms with van der Waals surface area (Å²) in [6.07, 6.45) is 0.876. The van der Waals surface area contributed by atoms with E-state index in [-0.39, 0.29) is 11.3 Å². The summed E-state index contributed by atoms with van der Waals surface area (Å²) in [5.74, 6) is 0.115. The summed E-state index contributed by atoms with van der Waals surface area (Å²) in [4.78, 5) is 14.0. The second-order valence-corrected chi connectivity index (χ2v) is 4.91. The number of carbonyl (C=O) groups is 1. The Hall–Kier alpha value is -1.71. The van der Waals surface area contributed by atoms with Crippen molar-refractivity contribution in [3.8, 4) is 0 Å². The molecule has 1 amide bonds. The van der Waals surface area contributed by atoms with Gasteiger partial charge in [-0.05, 0) is 31.5 Å². The Bertz CT molecular complexity index is 432. The van der Waals surface area contributed by atoms with Crippen LogP contribution in [-0.4, -0.2) is 26.0 Å². The highest BCUT2D eigenvalue weighted by molar-refractivity contribution is 5.83. The van der Waals surface area contributed by atoms with E-state index in [4.69, 9.17) is 5.73 Å². The molecule has 2 rings (SSSR count). The van der Waals surface area contributed by atoms with Crippen LogP contribution in [0.3, 0.4) is 0 Å². The number of rotatable bonds is 2. The Morgan fingerprint density at radius 3 is 2.94 bits per heavy atom. The Labute approximate surface area is 102 Å². The minimum atomic E-state index is -0.292. The minimum Gasteiger partial charge on any atom is -0.399 e. The minimum absolute atomic E-state index is 0.115. The largest absolute Gasteiger partial charge is 0.399 e. The van der Waals surface area contributed by atoms with Crippen LogP contribution in [-0.2, 0) is 4.79 Å². The van der Waals surface area contributed by atoms with E-state index in [1.165, 1.54) is 0 Å². The Morgan fingerprint density at radius 2 is 2.29 bits per heavy atom. The molecule has 0 aromatic heterocycles. The summed E-state index contributed by atoms with van der Waals surface area (Å²) >= 11 is 0. The monoisotopic (exact) mass is 233 g/mol. The molecule has 92 valence electrons. The van der Waals surface area contributed by atoms with Crippen LogP contribution in [0.4, 0.5) is 11.4 Å². The molecule has 1 unspecified atom stereocenters. The smallest absolute Gasteiger partial charge is 0.227 e. The number of nitrogens with zero attached hydrogens (tertiary/aromatic N) is 1. The molecule has 1 aliphatic rings. The lowest BCUT2D eigenvalue weighted by atomic mass is 9.89. The van der Waals surface area contributed by atoms with Crippen molar-refractivity contribution in [2.45, 2.75) is 13.3 Å². The van der Waals surface area contributed by atoms with Crippen molar-refractivity contribution in [1.29, 1.82) is 0 Å². The Morgan fingerprint density at radius 1 is 1.53 bits per heavy atom. The zero-order valence-corrected chi connectivity index (χ0v) is 10.4. The van der Waals surface area contributed by atoms with Gasteiger partial charge in [0.2, 0.25) is 5.91 Å². The molecule has 0 aliphatic carbocycles. The third kappa shape index (κ3) is 2.20. The summed E-state index contributed by atoms with van der Waals surface area (Å²) in [6.45, 7) is 3.65. The molecule has 3 N–H and O–H groups in total. The topological polar surface area (TPSA) is 58.4 Å². The highest BCUT2D eigenvalue weighted by Gasteiger charge is 2.39. The molecule has 1 aliphatic heterocycles. The fraction of sp³-hybridized carbons (Fsp3) is 0.462. The predicted molar refractivity (Wildman–Crippen MR) is 69.9 cm³/mol. The van der Waals surface area contributed by atoms with Crippen LogP contribution < -0.4 is 16.0 Å². The fourth-order valence-corrected chi connectivity index (χ4v) is 2.39. The maximum atomic E-state index is 11.8. The number of benzene rings is 1. The van der Waals surface area contributed by atoms with Crippen molar-refractivity contribution in [3.63, 3.8) is 0 Å². The van der Waals surface area contributed by atoms with Gasteiger partial charge < -0.3 is 16.0 Å². The zero-order valence-electron chi connectivity index (χ0n) is 10.4. The fourth-order valence-electron chi connectivity index (χ4n) is 2.39. The molecule has 0 bridgehead atoms. The van der Waals surface area contributed by atoms with Crippen LogP contribution in [0, 0.1) is 5.41 Å². The molecule has 1 saturated heterocycles. The van der Waals surface area contributed by atoms with Gasteiger partial charge in [-0.1, -0.05) is 6.07 Å². The zero-order chi connectivity index (χ0) is 12.5. The Kier molecular flexibility index (Phi) is 2.96. The van der Waals surface area contributed by atoms with E-state index < -0.39 is 0 Å². The van der Waals surface area contributed by atoms with Gasteiger partial charge in [0.15, 0.2) is 0 Å². The number of anilines is 2. The molecule has 17 heavy (non-hydrogen) atoms. The van der Waals surface area contributed by atoms with E-state index in [0.29, 0.717) is 0 Å². The first-order valence-corrected chi connectivity index (χ1v) is 5.88. The summed E-state index contributed by atoms with van der Waals surface area (Å²) in [6, 6.07) is 7.80. The molecule has 1 aromatic carbocycles. The van der Waals surface area contributed by atoms with E-state index in [1.807, 2.05) is 31.2 Å². The first-order valence-electron chi connectivity index (χ1n) is 5.88. The number of carbonyl (C=O) groups excluding carboxylic acids is 1. The molecule has 0 radical (unpaired) electrons. The van der Waals surface area contributed by atoms with E-state index in [2.05, 4.69) is 10.2 Å². The third-order valence-corrected chi connectivity index (χ3v) is 3.48. The summed E-state index contributed by atoms with van der Waals surface area (Å²) in [5, 5.41) is 2.74. The van der Waals surface area contributed by atoms with Gasteiger partial charge in [0.05, 0.1) is 5.41 Å². The first kappa shape index (κ1) is 11.8. The van der Waals surface area contributed by atoms with Gasteiger partial charge in [-0.2, -0.15) is 0 Å². The normalized spacial score (nSPS) is 23.8. The van der Waals surface area contributed by atoms with Gasteiger partial charge in [0, 0.05) is 31.5 Å². The lowest BCUT2D eigenvalue weighted by Crippen LogP contribution is -2.39. The average molecular weight is 233 g/mol. The van der Waals surface area contributed by atoms with E-state index in [1.54, 1.807) is 7.05 Å². The third-order valence-electron chi connectivity index (χ3n) is 3.48. The number of nitrogen functional groups attached to an aromatic ring is 1. The number of amides is 1. The van der Waals surface area contributed by atoms with Gasteiger partial charge >= 0.3 is 0 Å². The summed E-state index contributed by atoms with van der Waals surface area (Å²) in [7, 11) is 1.69. The van der Waals surface area contributed by atoms with Crippen molar-refractivity contribution < 1.29 is 4.79 Å². The highest BCUT2D eigenvalue weighted by Crippen LogP contribution is 2.33. The number of nitrogens with two attached hydrogens (primary N) is 1. The maximum Gasteiger partial charge on any atom is 0.227 e. The van der Waals surface area contributed by atoms with Crippen LogP contribution in [0.1, 0.15) is 13.3 Å². The predicted octanol–water partition coefficient (Wildman–Crippen LogP) is 1.23. The second kappa shape index (κ2) is 4.28. The van der Waals surface area contributed by atoms with E-state index in [9.17, 15) is 4.79 Å². The van der Waals surface area contributed by atoms with Gasteiger partial charge in [-0.25, -0.2) is 0 Å². The number of hydrogen-bond acceptors (Lipinski definition) is 3. The van der Waals surface area contributed by atoms with Gasteiger partial charge in [0.25, 0.3) is 0 Å². The first-order chi connectivity index (χ1) is 8.05. The quantitative estimate of drug-likeness (QED) is 0.755. The summed E-state index contributed by atoms with van der Waals surface area (Å²) in [5.41, 5.74) is 7.34. The molecule has 1 aromatic rings. The van der Waals surface area contributed by atoms with Gasteiger partial charge in [-0.15, -0.1) is 0 Å². The second-order valence-electron chi connectivity index (χ2n) is 4.91. The van der Waals surface area contributed by atoms with E-state index >= 15 is 0 Å². The lowest BCUT2D eigenvalue weighted by Gasteiger charge is -2.24. The standard InChI is InChI=1S/C13H19N3O/c1-13(12(17)15-2)6-7-16(9-13)11-5-3-4-10(14)8-11/h3-5,8H,6-7,9,14H2,1-2H3,(H,15,17). The van der Waals surface area contributed by atoms with Crippen molar-refractivity contribution >= 4 is 17.3 Å². The SMILES string of the molecule is CNC(=O)C1(C)CCN(c2cccc(N)c2)C1. The molecule has 0 saturated carbocycles. The van der Waals surface area contributed by atoms with Crippen LogP contribution >= 0.6 is 0 Å². The highest BCUT2D eigenvalue weighted by atomic mass is 16.2. The van der Waals surface area contributed by atoms with Crippen LogP contribution in [0.2, 0.25) is 0 Å². The molecule has 0 spiro atoms. The molecule has 1 atom stereocenters. The molecule has 4 nitrogen and oxygen atoms in total. The molecule has 4 heteroatoms. The van der Waals surface area contributed by atoms with Gasteiger partial charge in [0.1, 0.15) is 0 Å². The van der Waals surface area contributed by atoms with Crippen molar-refractivity contribution in [1.82, 2.24) is 5.32 Å². The molecule has 1 heterocycles. The maximum absolute atomic E-state index is 11.8. The number of nitrogens with one attached hydrogen (secondary N) is 1. The van der Waals surface area contributed by atoms with E-state index in [0.717, 1.165) is 30.9 Å². The summed E-state index contributed by atoms with van der Waals surface area (Å²) < 4.78 is 0. The van der Waals surface area contributed by atoms with Crippen molar-refractivity contribution in [2.24, 2.45) is 5.41 Å². The van der Waals surface area contributed by atoms with Gasteiger partial charge in [-0.3, -0.25) is 4.79 Å². The Balaban J connectivity index is 2.15. The lowest BCUT2D eigenvalue weighted by molar-refractivity contribution is -0.128. The molecular weight excluding hydrogens is 214 g/mol. The average Bonchev–Trinajstić information content (AvgIpc) is 2.72. The van der Waals surface area contributed by atoms with Crippen molar-refractivity contribution in [2.75, 3.05) is 30.8 Å².